The van der Waals surface area contributed by atoms with Crippen molar-refractivity contribution in [3.8, 4) is 6.07 Å². The van der Waals surface area contributed by atoms with Crippen LogP contribution in [0.25, 0.3) is 5.57 Å². The van der Waals surface area contributed by atoms with Crippen molar-refractivity contribution in [3.63, 3.8) is 0 Å². The lowest BCUT2D eigenvalue weighted by Crippen LogP contribution is -2.31. The van der Waals surface area contributed by atoms with Gasteiger partial charge in [-0.2, -0.15) is 5.26 Å². The topological polar surface area (TPSA) is 52.9 Å². The predicted octanol–water partition coefficient (Wildman–Crippen LogP) is 5.32. The molecule has 0 aromatic heterocycles. The predicted molar refractivity (Wildman–Crippen MR) is 107 cm³/mol. The highest BCUT2D eigenvalue weighted by Gasteiger charge is 2.25. The maximum atomic E-state index is 12.9. The molecule has 0 saturated carbocycles. The van der Waals surface area contributed by atoms with Crippen LogP contribution in [-0.2, 0) is 0 Å². The van der Waals surface area contributed by atoms with E-state index in [2.05, 4.69) is 17.5 Å². The van der Waals surface area contributed by atoms with E-state index in [0.29, 0.717) is 16.8 Å². The van der Waals surface area contributed by atoms with Crippen molar-refractivity contribution in [1.29, 1.82) is 5.26 Å². The number of nitriles is 1. The molecule has 0 aliphatic carbocycles. The molecule has 0 heterocycles. The monoisotopic (exact) mass is 346 g/mol. The minimum absolute atomic E-state index is 0.190. The number of nitrogens with zero attached hydrogens (tertiary/aromatic N) is 1. The Labute approximate surface area is 156 Å². The standard InChI is InChI=1S/C23H26N2O/c1-15-11-16(2)13-18(12-15)20(14-24)21(23(4,5)6)25-22(26)19-10-8-7-9-17(19)3/h7-13H,1-6H3,(H,25,26). The van der Waals surface area contributed by atoms with Crippen LogP contribution in [0.3, 0.4) is 0 Å². The zero-order valence-electron chi connectivity index (χ0n) is 16.4. The van der Waals surface area contributed by atoms with E-state index < -0.39 is 0 Å². The third-order valence-electron chi connectivity index (χ3n) is 4.25. The second-order valence-corrected chi connectivity index (χ2v) is 7.76. The van der Waals surface area contributed by atoms with Gasteiger partial charge in [-0.3, -0.25) is 4.79 Å². The number of hydrogen-bond donors (Lipinski definition) is 1. The van der Waals surface area contributed by atoms with Gasteiger partial charge < -0.3 is 5.32 Å². The quantitative estimate of drug-likeness (QED) is 0.764. The summed E-state index contributed by atoms with van der Waals surface area (Å²) < 4.78 is 0. The van der Waals surface area contributed by atoms with E-state index >= 15 is 0 Å². The lowest BCUT2D eigenvalue weighted by molar-refractivity contribution is 0.0957. The minimum Gasteiger partial charge on any atom is -0.324 e. The number of rotatable bonds is 3. The van der Waals surface area contributed by atoms with Crippen molar-refractivity contribution < 1.29 is 4.79 Å². The van der Waals surface area contributed by atoms with Gasteiger partial charge in [0, 0.05) is 16.7 Å². The van der Waals surface area contributed by atoms with E-state index in [4.69, 9.17) is 0 Å². The number of aryl methyl sites for hydroxylation is 3. The summed E-state index contributed by atoms with van der Waals surface area (Å²) in [7, 11) is 0. The van der Waals surface area contributed by atoms with E-state index in [1.54, 1.807) is 6.07 Å². The highest BCUT2D eigenvalue weighted by Crippen LogP contribution is 2.31. The molecule has 0 saturated heterocycles. The van der Waals surface area contributed by atoms with E-state index in [1.807, 2.05) is 71.9 Å². The van der Waals surface area contributed by atoms with Crippen LogP contribution in [0, 0.1) is 37.5 Å². The van der Waals surface area contributed by atoms with Crippen LogP contribution < -0.4 is 5.32 Å². The largest absolute Gasteiger partial charge is 0.324 e. The Kier molecular flexibility index (Phi) is 5.67. The van der Waals surface area contributed by atoms with E-state index in [9.17, 15) is 10.1 Å². The van der Waals surface area contributed by atoms with Crippen molar-refractivity contribution in [2.75, 3.05) is 0 Å². The van der Waals surface area contributed by atoms with Crippen LogP contribution in [-0.4, -0.2) is 5.91 Å². The fourth-order valence-corrected chi connectivity index (χ4v) is 3.02. The van der Waals surface area contributed by atoms with Crippen molar-refractivity contribution in [3.05, 3.63) is 76.0 Å². The van der Waals surface area contributed by atoms with E-state index in [-0.39, 0.29) is 11.3 Å². The highest BCUT2D eigenvalue weighted by molar-refractivity contribution is 5.98. The molecule has 0 aliphatic heterocycles. The Bertz CT molecular complexity index is 888. The smallest absolute Gasteiger partial charge is 0.255 e. The van der Waals surface area contributed by atoms with Gasteiger partial charge in [-0.25, -0.2) is 0 Å². The molecule has 1 amide bonds. The average molecular weight is 346 g/mol. The van der Waals surface area contributed by atoms with Gasteiger partial charge in [0.1, 0.15) is 6.07 Å². The van der Waals surface area contributed by atoms with Gasteiger partial charge in [-0.05, 0) is 38.0 Å². The maximum absolute atomic E-state index is 12.9. The second kappa shape index (κ2) is 7.58. The number of benzene rings is 2. The molecule has 0 bridgehead atoms. The van der Waals surface area contributed by atoms with Crippen LogP contribution in [0.2, 0.25) is 0 Å². The number of carbonyl (C=O) groups is 1. The Morgan fingerprint density at radius 3 is 2.08 bits per heavy atom. The summed E-state index contributed by atoms with van der Waals surface area (Å²) in [5, 5.41) is 12.9. The fraction of sp³-hybridized carbons (Fsp3) is 0.304. The molecule has 2 rings (SSSR count). The number of allylic oxidation sites excluding steroid dienone is 2. The molecule has 2 aromatic carbocycles. The lowest BCUT2D eigenvalue weighted by atomic mass is 9.86. The maximum Gasteiger partial charge on any atom is 0.255 e. The normalized spacial score (nSPS) is 12.2. The third-order valence-corrected chi connectivity index (χ3v) is 4.25. The van der Waals surface area contributed by atoms with Crippen molar-refractivity contribution in [2.45, 2.75) is 41.5 Å². The zero-order valence-corrected chi connectivity index (χ0v) is 16.4. The molecule has 0 aliphatic rings. The van der Waals surface area contributed by atoms with Gasteiger partial charge in [0.2, 0.25) is 0 Å². The summed E-state index contributed by atoms with van der Waals surface area (Å²) in [4.78, 5) is 12.9. The molecule has 0 atom stereocenters. The van der Waals surface area contributed by atoms with Gasteiger partial charge in [0.05, 0.1) is 5.57 Å². The summed E-state index contributed by atoms with van der Waals surface area (Å²) in [6.07, 6.45) is 0. The first kappa shape index (κ1) is 19.5. The first-order valence-electron chi connectivity index (χ1n) is 8.74. The molecular formula is C23H26N2O. The van der Waals surface area contributed by atoms with Crippen LogP contribution in [0.15, 0.2) is 48.2 Å². The minimum atomic E-state index is -0.388. The lowest BCUT2D eigenvalue weighted by Gasteiger charge is -2.26. The number of nitrogens with one attached hydrogen (secondary N) is 1. The van der Waals surface area contributed by atoms with E-state index in [0.717, 1.165) is 22.3 Å². The Hall–Kier alpha value is -2.86. The molecule has 3 nitrogen and oxygen atoms in total. The van der Waals surface area contributed by atoms with Gasteiger partial charge >= 0.3 is 0 Å². The molecule has 0 radical (unpaired) electrons. The highest BCUT2D eigenvalue weighted by atomic mass is 16.1. The Morgan fingerprint density at radius 2 is 1.58 bits per heavy atom. The van der Waals surface area contributed by atoms with E-state index in [1.165, 1.54) is 0 Å². The fourth-order valence-electron chi connectivity index (χ4n) is 3.02. The summed E-state index contributed by atoms with van der Waals surface area (Å²) in [6.45, 7) is 11.9. The van der Waals surface area contributed by atoms with Gasteiger partial charge in [-0.1, -0.05) is 68.3 Å². The summed E-state index contributed by atoms with van der Waals surface area (Å²) >= 11 is 0. The second-order valence-electron chi connectivity index (χ2n) is 7.76. The first-order chi connectivity index (χ1) is 12.1. The SMILES string of the molecule is Cc1cc(C)cc(C(C#N)=C(NC(=O)c2ccccc2C)C(C)(C)C)c1. The summed E-state index contributed by atoms with van der Waals surface area (Å²) in [6, 6.07) is 15.8. The van der Waals surface area contributed by atoms with Crippen LogP contribution in [0.5, 0.6) is 0 Å². The molecule has 26 heavy (non-hydrogen) atoms. The van der Waals surface area contributed by atoms with Crippen molar-refractivity contribution in [2.24, 2.45) is 5.41 Å². The number of amides is 1. The van der Waals surface area contributed by atoms with Crippen molar-refractivity contribution in [1.82, 2.24) is 5.32 Å². The molecule has 3 heteroatoms. The Morgan fingerprint density at radius 1 is 1.00 bits per heavy atom. The first-order valence-corrected chi connectivity index (χ1v) is 8.74. The van der Waals surface area contributed by atoms with Gasteiger partial charge in [0.15, 0.2) is 0 Å². The average Bonchev–Trinajstić information content (AvgIpc) is 2.53. The molecule has 1 N–H and O–H groups in total. The molecule has 2 aromatic rings. The molecule has 0 spiro atoms. The molecule has 134 valence electrons. The molecule has 0 unspecified atom stereocenters. The molecule has 0 fully saturated rings. The van der Waals surface area contributed by atoms with Crippen LogP contribution >= 0.6 is 0 Å². The number of carbonyl (C=O) groups excluding carboxylic acids is 1. The summed E-state index contributed by atoms with van der Waals surface area (Å²) in [5.74, 6) is -0.190. The van der Waals surface area contributed by atoms with Crippen molar-refractivity contribution >= 4 is 11.5 Å². The van der Waals surface area contributed by atoms with Crippen LogP contribution in [0.4, 0.5) is 0 Å². The Balaban J connectivity index is 2.59. The summed E-state index contributed by atoms with van der Waals surface area (Å²) in [5.41, 5.74) is 5.29. The molecular weight excluding hydrogens is 320 g/mol. The van der Waals surface area contributed by atoms with Gasteiger partial charge in [0.25, 0.3) is 5.91 Å². The zero-order chi connectivity index (χ0) is 19.5. The van der Waals surface area contributed by atoms with Crippen LogP contribution in [0.1, 0.15) is 53.4 Å². The number of hydrogen-bond acceptors (Lipinski definition) is 2. The third kappa shape index (κ3) is 4.40. The van der Waals surface area contributed by atoms with Gasteiger partial charge in [-0.15, -0.1) is 0 Å².